The van der Waals surface area contributed by atoms with Gasteiger partial charge in [-0.2, -0.15) is 0 Å². The minimum absolute atomic E-state index is 0.0186. The van der Waals surface area contributed by atoms with E-state index in [0.717, 1.165) is 0 Å². The van der Waals surface area contributed by atoms with Crippen LogP contribution in [0.15, 0.2) is 6.07 Å². The smallest absolute Gasteiger partial charge is 0.354 e. The highest BCUT2D eigenvalue weighted by Gasteiger charge is 2.27. The summed E-state index contributed by atoms with van der Waals surface area (Å²) in [5, 5.41) is 20.9. The van der Waals surface area contributed by atoms with E-state index in [4.69, 9.17) is 10.2 Å². The summed E-state index contributed by atoms with van der Waals surface area (Å²) in [6.45, 7) is 1.72. The zero-order valence-corrected chi connectivity index (χ0v) is 8.84. The second-order valence-electron chi connectivity index (χ2n) is 3.99. The standard InChI is InChI=1S/C10H13N3O3/c1-5-2-8(9(15)16)13-10(11-5)12-6-3-7(14)4-6/h2,6-7,14H,3-4H2,1H3,(H,15,16)(H,11,12,13). The van der Waals surface area contributed by atoms with Crippen LogP contribution in [0.4, 0.5) is 5.95 Å². The summed E-state index contributed by atoms with van der Waals surface area (Å²) < 4.78 is 0. The summed E-state index contributed by atoms with van der Waals surface area (Å²) in [5.41, 5.74) is 0.588. The third-order valence-corrected chi connectivity index (χ3v) is 2.52. The van der Waals surface area contributed by atoms with Crippen LogP contribution < -0.4 is 5.32 Å². The van der Waals surface area contributed by atoms with Gasteiger partial charge in [0.15, 0.2) is 5.69 Å². The first kappa shape index (κ1) is 10.8. The normalized spacial score (nSPS) is 23.6. The summed E-state index contributed by atoms with van der Waals surface area (Å²) in [5.74, 6) is -0.753. The van der Waals surface area contributed by atoms with Gasteiger partial charge in [-0.3, -0.25) is 0 Å². The fourth-order valence-electron chi connectivity index (χ4n) is 1.63. The van der Waals surface area contributed by atoms with Crippen molar-refractivity contribution in [3.05, 3.63) is 17.5 Å². The van der Waals surface area contributed by atoms with Crippen molar-refractivity contribution in [2.24, 2.45) is 0 Å². The Morgan fingerprint density at radius 1 is 1.50 bits per heavy atom. The molecule has 0 aromatic carbocycles. The summed E-state index contributed by atoms with van der Waals surface area (Å²) in [7, 11) is 0. The van der Waals surface area contributed by atoms with E-state index in [1.807, 2.05) is 0 Å². The number of hydrogen-bond acceptors (Lipinski definition) is 5. The molecule has 2 rings (SSSR count). The monoisotopic (exact) mass is 223 g/mol. The largest absolute Gasteiger partial charge is 0.477 e. The zero-order chi connectivity index (χ0) is 11.7. The predicted octanol–water partition coefficient (Wildman–Crippen LogP) is 0.418. The lowest BCUT2D eigenvalue weighted by molar-refractivity contribution is 0.0689. The van der Waals surface area contributed by atoms with Crippen LogP contribution in [0.3, 0.4) is 0 Å². The van der Waals surface area contributed by atoms with E-state index in [1.54, 1.807) is 6.92 Å². The van der Waals surface area contributed by atoms with E-state index >= 15 is 0 Å². The van der Waals surface area contributed by atoms with Gasteiger partial charge in [0.1, 0.15) is 0 Å². The molecule has 0 bridgehead atoms. The lowest BCUT2D eigenvalue weighted by Gasteiger charge is -2.31. The van der Waals surface area contributed by atoms with Gasteiger partial charge in [0.25, 0.3) is 0 Å². The fourth-order valence-corrected chi connectivity index (χ4v) is 1.63. The predicted molar refractivity (Wildman–Crippen MR) is 56.4 cm³/mol. The van der Waals surface area contributed by atoms with Crippen molar-refractivity contribution in [3.8, 4) is 0 Å². The Morgan fingerprint density at radius 3 is 2.75 bits per heavy atom. The fraction of sp³-hybridized carbons (Fsp3) is 0.500. The zero-order valence-electron chi connectivity index (χ0n) is 8.84. The molecular weight excluding hydrogens is 210 g/mol. The summed E-state index contributed by atoms with van der Waals surface area (Å²) in [4.78, 5) is 18.7. The Kier molecular flexibility index (Phi) is 2.74. The molecule has 3 N–H and O–H groups in total. The van der Waals surface area contributed by atoms with Gasteiger partial charge in [0, 0.05) is 11.7 Å². The van der Waals surface area contributed by atoms with Crippen molar-refractivity contribution in [2.75, 3.05) is 5.32 Å². The van der Waals surface area contributed by atoms with Gasteiger partial charge in [0.2, 0.25) is 5.95 Å². The third-order valence-electron chi connectivity index (χ3n) is 2.52. The molecule has 6 nitrogen and oxygen atoms in total. The molecule has 1 aliphatic rings. The van der Waals surface area contributed by atoms with E-state index in [2.05, 4.69) is 15.3 Å². The second-order valence-corrected chi connectivity index (χ2v) is 3.99. The number of hydrogen-bond donors (Lipinski definition) is 3. The number of nitrogens with zero attached hydrogens (tertiary/aromatic N) is 2. The van der Waals surface area contributed by atoms with Crippen LogP contribution in [0, 0.1) is 6.92 Å². The van der Waals surface area contributed by atoms with E-state index in [9.17, 15) is 4.79 Å². The highest BCUT2D eigenvalue weighted by atomic mass is 16.4. The number of aliphatic hydroxyl groups excluding tert-OH is 1. The molecule has 86 valence electrons. The number of carboxylic acid groups (broad SMARTS) is 1. The van der Waals surface area contributed by atoms with Crippen molar-refractivity contribution < 1.29 is 15.0 Å². The van der Waals surface area contributed by atoms with Gasteiger partial charge < -0.3 is 15.5 Å². The van der Waals surface area contributed by atoms with Crippen LogP contribution >= 0.6 is 0 Å². The van der Waals surface area contributed by atoms with Gasteiger partial charge in [-0.1, -0.05) is 0 Å². The molecule has 0 saturated heterocycles. The highest BCUT2D eigenvalue weighted by molar-refractivity contribution is 5.85. The Labute approximate surface area is 92.4 Å². The molecule has 1 heterocycles. The van der Waals surface area contributed by atoms with Crippen LogP contribution in [-0.4, -0.2) is 38.3 Å². The summed E-state index contributed by atoms with van der Waals surface area (Å²) in [6, 6.07) is 1.56. The number of carbonyl (C=O) groups is 1. The van der Waals surface area contributed by atoms with Crippen LogP contribution in [0.2, 0.25) is 0 Å². The maximum atomic E-state index is 10.8. The molecule has 0 amide bonds. The number of aromatic carboxylic acids is 1. The third kappa shape index (κ3) is 2.27. The maximum absolute atomic E-state index is 10.8. The topological polar surface area (TPSA) is 95.3 Å². The number of rotatable bonds is 3. The van der Waals surface area contributed by atoms with Crippen molar-refractivity contribution in [3.63, 3.8) is 0 Å². The summed E-state index contributed by atoms with van der Waals surface area (Å²) in [6.07, 6.45) is 1.04. The molecular formula is C10H13N3O3. The van der Waals surface area contributed by atoms with Crippen molar-refractivity contribution in [1.82, 2.24) is 9.97 Å². The average molecular weight is 223 g/mol. The second kappa shape index (κ2) is 4.05. The van der Waals surface area contributed by atoms with Crippen LogP contribution in [-0.2, 0) is 0 Å². The highest BCUT2D eigenvalue weighted by Crippen LogP contribution is 2.22. The molecule has 0 aliphatic heterocycles. The average Bonchev–Trinajstić information content (AvgIpc) is 2.14. The first-order valence-corrected chi connectivity index (χ1v) is 5.08. The molecule has 1 fully saturated rings. The van der Waals surface area contributed by atoms with Crippen molar-refractivity contribution in [2.45, 2.75) is 31.9 Å². The lowest BCUT2D eigenvalue weighted by Crippen LogP contribution is -2.39. The van der Waals surface area contributed by atoms with E-state index in [-0.39, 0.29) is 17.8 Å². The molecule has 0 atom stereocenters. The number of nitrogens with one attached hydrogen (secondary N) is 1. The molecule has 1 aromatic rings. The van der Waals surface area contributed by atoms with Crippen molar-refractivity contribution >= 4 is 11.9 Å². The Morgan fingerprint density at radius 2 is 2.19 bits per heavy atom. The Balaban J connectivity index is 2.11. The number of aryl methyl sites for hydroxylation is 1. The van der Waals surface area contributed by atoms with Crippen LogP contribution in [0.25, 0.3) is 0 Å². The molecule has 16 heavy (non-hydrogen) atoms. The number of aliphatic hydroxyl groups is 1. The van der Waals surface area contributed by atoms with Gasteiger partial charge in [-0.25, -0.2) is 14.8 Å². The van der Waals surface area contributed by atoms with E-state index in [1.165, 1.54) is 6.07 Å². The minimum atomic E-state index is -1.07. The van der Waals surface area contributed by atoms with Gasteiger partial charge >= 0.3 is 5.97 Å². The molecule has 6 heteroatoms. The number of carboxylic acids is 1. The van der Waals surface area contributed by atoms with E-state index < -0.39 is 5.97 Å². The molecule has 0 spiro atoms. The van der Waals surface area contributed by atoms with Crippen molar-refractivity contribution in [1.29, 1.82) is 0 Å². The maximum Gasteiger partial charge on any atom is 0.354 e. The molecule has 0 unspecified atom stereocenters. The van der Waals surface area contributed by atoms with Crippen LogP contribution in [0.5, 0.6) is 0 Å². The first-order chi connectivity index (χ1) is 7.54. The Bertz CT molecular complexity index is 416. The quantitative estimate of drug-likeness (QED) is 0.687. The lowest BCUT2D eigenvalue weighted by atomic mass is 9.90. The Hall–Kier alpha value is -1.69. The van der Waals surface area contributed by atoms with Gasteiger partial charge in [-0.15, -0.1) is 0 Å². The summed E-state index contributed by atoms with van der Waals surface area (Å²) >= 11 is 0. The SMILES string of the molecule is Cc1cc(C(=O)O)nc(NC2CC(O)C2)n1. The number of anilines is 1. The molecule has 1 saturated carbocycles. The first-order valence-electron chi connectivity index (χ1n) is 5.08. The molecule has 1 aliphatic carbocycles. The number of aromatic nitrogens is 2. The van der Waals surface area contributed by atoms with Gasteiger partial charge in [-0.05, 0) is 25.8 Å². The minimum Gasteiger partial charge on any atom is -0.477 e. The van der Waals surface area contributed by atoms with Crippen LogP contribution in [0.1, 0.15) is 29.0 Å². The molecule has 1 aromatic heterocycles. The van der Waals surface area contributed by atoms with E-state index in [0.29, 0.717) is 24.5 Å². The molecule has 0 radical (unpaired) electrons. The van der Waals surface area contributed by atoms with Gasteiger partial charge in [0.05, 0.1) is 6.10 Å².